The molecule has 30 heavy (non-hydrogen) atoms. The minimum atomic E-state index is -3.57. The molecule has 0 unspecified atom stereocenters. The van der Waals surface area contributed by atoms with Gasteiger partial charge in [0.15, 0.2) is 9.84 Å². The number of anilines is 1. The first-order chi connectivity index (χ1) is 14.3. The Balaban J connectivity index is 1.95. The summed E-state index contributed by atoms with van der Waals surface area (Å²) in [5, 5.41) is 14.4. The van der Waals surface area contributed by atoms with Crippen LogP contribution in [-0.2, 0) is 19.4 Å². The molecule has 0 bridgehead atoms. The van der Waals surface area contributed by atoms with Gasteiger partial charge in [-0.05, 0) is 49.6 Å². The summed E-state index contributed by atoms with van der Waals surface area (Å²) in [6, 6.07) is 10.5. The van der Waals surface area contributed by atoms with Crippen molar-refractivity contribution in [2.24, 2.45) is 0 Å². The molecule has 10 heteroatoms. The molecule has 3 rings (SSSR count). The number of rotatable bonds is 6. The molecule has 1 aliphatic heterocycles. The summed E-state index contributed by atoms with van der Waals surface area (Å²) in [5.74, 6) is -0.700. The van der Waals surface area contributed by atoms with E-state index in [2.05, 4.69) is 10.6 Å². The second kappa shape index (κ2) is 9.15. The summed E-state index contributed by atoms with van der Waals surface area (Å²) in [6.45, 7) is 2.34. The minimum absolute atomic E-state index is 0.0187. The van der Waals surface area contributed by atoms with E-state index < -0.39 is 20.5 Å². The highest BCUT2D eigenvalue weighted by atomic mass is 32.2. The Morgan fingerprint density at radius 3 is 2.70 bits per heavy atom. The van der Waals surface area contributed by atoms with Crippen molar-refractivity contribution in [3.05, 3.63) is 41.3 Å². The average molecular weight is 452 g/mol. The van der Waals surface area contributed by atoms with E-state index in [4.69, 9.17) is 5.21 Å². The topological polar surface area (TPSA) is 125 Å². The molecule has 1 atom stereocenters. The summed E-state index contributed by atoms with van der Waals surface area (Å²) in [5.41, 5.74) is 3.02. The van der Waals surface area contributed by atoms with Crippen LogP contribution in [0.3, 0.4) is 0 Å². The molecular weight excluding hydrogens is 426 g/mol. The summed E-state index contributed by atoms with van der Waals surface area (Å²) >= 11 is 1.31. The van der Waals surface area contributed by atoms with Gasteiger partial charge in [-0.15, -0.1) is 11.3 Å². The van der Waals surface area contributed by atoms with Gasteiger partial charge in [0.2, 0.25) is 5.91 Å². The first-order valence-electron chi connectivity index (χ1n) is 9.72. The number of hydroxylamine groups is 1. The number of urea groups is 1. The minimum Gasteiger partial charge on any atom is -0.338 e. The predicted octanol–water partition coefficient (Wildman–Crippen LogP) is 3.25. The standard InChI is InChI=1S/C20H25N3O5S2/c1-2-21-19(25)22-15-7-5-6-14(12-15)16-8-9-17(29-16)20(13-18(24)23-26)10-3-4-11-30(20,27)28/h5-9,12,26H,2-4,10-11,13H2,1H3,(H,23,24)(H2,21,22,25)/t20-/m0/s1. The maximum atomic E-state index is 13.0. The fourth-order valence-electron chi connectivity index (χ4n) is 3.74. The number of hydrogen-bond donors (Lipinski definition) is 4. The van der Waals surface area contributed by atoms with Gasteiger partial charge in [-0.2, -0.15) is 0 Å². The molecule has 0 radical (unpaired) electrons. The van der Waals surface area contributed by atoms with E-state index in [0.29, 0.717) is 36.4 Å². The summed E-state index contributed by atoms with van der Waals surface area (Å²) in [6.07, 6.45) is 1.28. The van der Waals surface area contributed by atoms with Crippen LogP contribution in [-0.4, -0.2) is 37.9 Å². The van der Waals surface area contributed by atoms with Gasteiger partial charge >= 0.3 is 6.03 Å². The quantitative estimate of drug-likeness (QED) is 0.396. The van der Waals surface area contributed by atoms with E-state index in [0.717, 1.165) is 10.4 Å². The van der Waals surface area contributed by atoms with E-state index >= 15 is 0 Å². The van der Waals surface area contributed by atoms with Crippen molar-refractivity contribution < 1.29 is 23.2 Å². The second-order valence-corrected chi connectivity index (χ2v) is 10.7. The fraction of sp³-hybridized carbons (Fsp3) is 0.400. The SMILES string of the molecule is CCNC(=O)Nc1cccc(-c2ccc([C@@]3(CC(=O)NO)CCCCS3(=O)=O)s2)c1. The third-order valence-electron chi connectivity index (χ3n) is 5.21. The molecule has 8 nitrogen and oxygen atoms in total. The molecule has 162 valence electrons. The van der Waals surface area contributed by atoms with Crippen molar-refractivity contribution in [1.29, 1.82) is 0 Å². The maximum absolute atomic E-state index is 13.0. The Bertz CT molecular complexity index is 1030. The molecule has 1 aromatic carbocycles. The Morgan fingerprint density at radius 1 is 1.20 bits per heavy atom. The van der Waals surface area contributed by atoms with Crippen molar-refractivity contribution in [3.8, 4) is 10.4 Å². The zero-order valence-electron chi connectivity index (χ0n) is 16.6. The largest absolute Gasteiger partial charge is 0.338 e. The van der Waals surface area contributed by atoms with Crippen LogP contribution >= 0.6 is 11.3 Å². The molecule has 0 aliphatic carbocycles. The Kier molecular flexibility index (Phi) is 6.79. The maximum Gasteiger partial charge on any atom is 0.319 e. The van der Waals surface area contributed by atoms with Crippen LogP contribution in [0.2, 0.25) is 0 Å². The molecule has 0 saturated carbocycles. The lowest BCUT2D eigenvalue weighted by molar-refractivity contribution is -0.130. The number of carbonyl (C=O) groups excluding carboxylic acids is 2. The highest BCUT2D eigenvalue weighted by Crippen LogP contribution is 2.47. The Hall–Kier alpha value is -2.43. The average Bonchev–Trinajstić information content (AvgIpc) is 3.20. The van der Waals surface area contributed by atoms with Crippen LogP contribution in [0.4, 0.5) is 10.5 Å². The second-order valence-electron chi connectivity index (χ2n) is 7.21. The predicted molar refractivity (Wildman–Crippen MR) is 116 cm³/mol. The van der Waals surface area contributed by atoms with E-state index in [9.17, 15) is 18.0 Å². The fourth-order valence-corrected chi connectivity index (χ4v) is 7.51. The van der Waals surface area contributed by atoms with Gasteiger partial charge in [0.1, 0.15) is 4.75 Å². The van der Waals surface area contributed by atoms with Crippen molar-refractivity contribution in [2.45, 2.75) is 37.4 Å². The number of benzene rings is 1. The van der Waals surface area contributed by atoms with Gasteiger partial charge in [-0.1, -0.05) is 18.6 Å². The van der Waals surface area contributed by atoms with Crippen molar-refractivity contribution in [2.75, 3.05) is 17.6 Å². The first-order valence-corrected chi connectivity index (χ1v) is 12.2. The number of sulfone groups is 1. The third kappa shape index (κ3) is 4.50. The third-order valence-corrected chi connectivity index (χ3v) is 9.26. The van der Waals surface area contributed by atoms with Crippen molar-refractivity contribution in [3.63, 3.8) is 0 Å². The monoisotopic (exact) mass is 451 g/mol. The Labute approximate surface area is 179 Å². The van der Waals surface area contributed by atoms with Crippen LogP contribution in [0.5, 0.6) is 0 Å². The van der Waals surface area contributed by atoms with Crippen LogP contribution in [0.15, 0.2) is 36.4 Å². The zero-order valence-corrected chi connectivity index (χ0v) is 18.2. The number of thiophene rings is 1. The summed E-state index contributed by atoms with van der Waals surface area (Å²) in [4.78, 5) is 25.1. The van der Waals surface area contributed by atoms with Gasteiger partial charge < -0.3 is 10.6 Å². The normalized spacial score (nSPS) is 20.3. The zero-order chi connectivity index (χ0) is 21.8. The highest BCUT2D eigenvalue weighted by molar-refractivity contribution is 7.92. The van der Waals surface area contributed by atoms with Crippen LogP contribution in [0, 0.1) is 0 Å². The van der Waals surface area contributed by atoms with E-state index in [1.54, 1.807) is 17.6 Å². The Morgan fingerprint density at radius 2 is 2.00 bits per heavy atom. The molecular formula is C20H25N3O5S2. The van der Waals surface area contributed by atoms with Gasteiger partial charge in [0.25, 0.3) is 0 Å². The highest BCUT2D eigenvalue weighted by Gasteiger charge is 2.49. The summed E-state index contributed by atoms with van der Waals surface area (Å²) < 4.78 is 24.7. The van der Waals surface area contributed by atoms with Gasteiger partial charge in [-0.25, -0.2) is 18.7 Å². The molecule has 1 saturated heterocycles. The lowest BCUT2D eigenvalue weighted by Crippen LogP contribution is -2.43. The molecule has 1 aliphatic rings. The molecule has 1 aromatic heterocycles. The van der Waals surface area contributed by atoms with Gasteiger partial charge in [-0.3, -0.25) is 10.0 Å². The van der Waals surface area contributed by atoms with Gasteiger partial charge in [0.05, 0.1) is 12.2 Å². The molecule has 4 N–H and O–H groups in total. The molecule has 3 amide bonds. The number of hydrogen-bond acceptors (Lipinski definition) is 6. The van der Waals surface area contributed by atoms with Crippen molar-refractivity contribution >= 4 is 38.8 Å². The lowest BCUT2D eigenvalue weighted by Gasteiger charge is -2.35. The summed E-state index contributed by atoms with van der Waals surface area (Å²) in [7, 11) is -3.57. The van der Waals surface area contributed by atoms with E-state index in [1.807, 2.05) is 31.2 Å². The number of amides is 3. The smallest absolute Gasteiger partial charge is 0.319 e. The lowest BCUT2D eigenvalue weighted by atomic mass is 9.94. The van der Waals surface area contributed by atoms with Gasteiger partial charge in [0, 0.05) is 22.0 Å². The van der Waals surface area contributed by atoms with Crippen molar-refractivity contribution in [1.82, 2.24) is 10.8 Å². The molecule has 2 aromatic rings. The van der Waals surface area contributed by atoms with E-state index in [1.165, 1.54) is 11.3 Å². The van der Waals surface area contributed by atoms with Crippen LogP contribution in [0.25, 0.3) is 10.4 Å². The molecule has 0 spiro atoms. The number of nitrogens with one attached hydrogen (secondary N) is 3. The number of carbonyl (C=O) groups is 2. The molecule has 2 heterocycles. The van der Waals surface area contributed by atoms with Crippen LogP contribution < -0.4 is 16.1 Å². The van der Waals surface area contributed by atoms with E-state index in [-0.39, 0.29) is 18.2 Å². The molecule has 1 fully saturated rings. The van der Waals surface area contributed by atoms with Crippen LogP contribution in [0.1, 0.15) is 37.5 Å². The first kappa shape index (κ1) is 22.3.